The molecule has 6 heterocycles. The predicted molar refractivity (Wildman–Crippen MR) is 362 cm³/mol. The van der Waals surface area contributed by atoms with Gasteiger partial charge in [-0.1, -0.05) is 32.9 Å². The van der Waals surface area contributed by atoms with Gasteiger partial charge in [0.05, 0.1) is 154 Å². The van der Waals surface area contributed by atoms with Gasteiger partial charge in [-0.3, -0.25) is 43.3 Å². The summed E-state index contributed by atoms with van der Waals surface area (Å²) in [5, 5.41) is 30.9. The second-order valence-corrected chi connectivity index (χ2v) is 24.3. The molecule has 8 rings (SSSR count). The van der Waals surface area contributed by atoms with Crippen molar-refractivity contribution in [2.75, 3.05) is 139 Å². The van der Waals surface area contributed by atoms with Gasteiger partial charge in [0.25, 0.3) is 11.5 Å². The number of rotatable bonds is 43. The first-order valence-corrected chi connectivity index (χ1v) is 34.2. The zero-order valence-corrected chi connectivity index (χ0v) is 58.2. The minimum absolute atomic E-state index is 0. The van der Waals surface area contributed by atoms with Crippen molar-refractivity contribution in [3.05, 3.63) is 68.8 Å². The molecule has 2 atom stereocenters. The number of hydrogen-bond acceptors (Lipinski definition) is 25. The van der Waals surface area contributed by atoms with E-state index in [1.54, 1.807) is 60.5 Å². The number of carbonyl (C=O) groups is 8. The molecule has 1 saturated carbocycles. The number of esters is 2. The first-order chi connectivity index (χ1) is 48.3. The van der Waals surface area contributed by atoms with Gasteiger partial charge in [0, 0.05) is 63.3 Å². The monoisotopic (exact) mass is 1410 g/mol. The summed E-state index contributed by atoms with van der Waals surface area (Å²) in [5.41, 5.74) is 5.79. The standard InChI is InChI=1S/C42H72N8O14.C26H25N3O7.2H2/c1-4-34(3)45-47-39(52)32-64-31-38(51)43-9-11-56-13-15-58-17-19-60-21-23-62-25-26-63-24-22-61-20-18-59-16-14-57-12-10-49-30-37(46-48-49)28-44-41(54)36-7-5-35(6-8-36)29-50-40(53)27-33(2)42(50)55;1-4-15-16-8-14(31)6-7-20(16)28-23-17(15)11-29-21(23)9-19-18(24(29)33)12-35-25(34)26(19,5-2)36-22(32)10-27-13(3)30;;/h30,33,35-36H,4-29,31-32H2,1-3H3,(H,43,51)(H,44,54)(H,47,52);6-9,31H,4-5,10-12H2,1-3H3,(H,27,30);2*1H/b45-34+;;;/t;26-;;/m.0../s1. The number of hydrazone groups is 1. The van der Waals surface area contributed by atoms with Gasteiger partial charge in [-0.2, -0.15) is 5.10 Å². The van der Waals surface area contributed by atoms with Crippen LogP contribution < -0.4 is 26.9 Å². The second-order valence-electron chi connectivity index (χ2n) is 24.3. The lowest BCUT2D eigenvalue weighted by Crippen LogP contribution is -2.48. The molecule has 1 unspecified atom stereocenters. The third kappa shape index (κ3) is 24.0. The number of aromatic nitrogens is 5. The fourth-order valence-corrected chi connectivity index (χ4v) is 11.5. The highest BCUT2D eigenvalue weighted by molar-refractivity contribution is 6.03. The fourth-order valence-electron chi connectivity index (χ4n) is 11.5. The summed E-state index contributed by atoms with van der Waals surface area (Å²) in [7, 11) is 0. The van der Waals surface area contributed by atoms with Gasteiger partial charge in [-0.15, -0.1) is 5.10 Å². The Labute approximate surface area is 583 Å². The SMILES string of the molecule is CC/C(C)=N/NC(=O)COCC(=O)NCCOCCOCCOCCOCCOCCOCCOCCOCCn1cc(CNC(=O)C2CCC(CN3C(=O)CC(C)C3=O)CC2)nn1.CCc1c2c(nc3ccc(O)cc13)-c1cc3c(c(=O)n1C2)COC(=O)[C@@]3(CC)OC(=O)CNC(C)=O.[HH].[HH]. The van der Waals surface area contributed by atoms with Crippen molar-refractivity contribution < 1.29 is 98.4 Å². The van der Waals surface area contributed by atoms with E-state index in [1.165, 1.54) is 11.8 Å². The molecular weight excluding hydrogens is 1310 g/mol. The maximum atomic E-state index is 13.6. The number of aryl methyl sites for hydroxylation is 1. The van der Waals surface area contributed by atoms with E-state index in [1.807, 2.05) is 13.8 Å². The van der Waals surface area contributed by atoms with Gasteiger partial charge in [-0.05, 0) is 87.6 Å². The summed E-state index contributed by atoms with van der Waals surface area (Å²) in [5.74, 6) is -2.86. The Balaban J connectivity index is 0.000000414. The lowest BCUT2D eigenvalue weighted by atomic mass is 9.81. The topological polar surface area (TPSA) is 388 Å². The smallest absolute Gasteiger partial charge is 0.355 e. The van der Waals surface area contributed by atoms with E-state index in [-0.39, 0.29) is 99.5 Å². The molecule has 0 radical (unpaired) electrons. The van der Waals surface area contributed by atoms with E-state index < -0.39 is 35.9 Å². The molecule has 1 saturated heterocycles. The zero-order valence-electron chi connectivity index (χ0n) is 58.2. The maximum Gasteiger partial charge on any atom is 0.355 e. The molecule has 1 aliphatic carbocycles. The van der Waals surface area contributed by atoms with E-state index in [2.05, 4.69) is 36.8 Å². The van der Waals surface area contributed by atoms with Crippen LogP contribution in [0.15, 0.2) is 40.4 Å². The summed E-state index contributed by atoms with van der Waals surface area (Å²) in [6.07, 6.45) is 6.64. The van der Waals surface area contributed by atoms with E-state index >= 15 is 0 Å². The Morgan fingerprint density at radius 3 is 1.93 bits per heavy atom. The Morgan fingerprint density at radius 2 is 1.35 bits per heavy atom. The van der Waals surface area contributed by atoms with Crippen molar-refractivity contribution in [2.45, 2.75) is 125 Å². The first kappa shape index (κ1) is 79.1. The first-order valence-electron chi connectivity index (χ1n) is 34.2. The molecule has 2 fully saturated rings. The number of carbonyl (C=O) groups excluding carboxylic acids is 8. The molecule has 6 amide bonds. The number of aromatic hydroxyl groups is 1. The van der Waals surface area contributed by atoms with Crippen LogP contribution in [0.3, 0.4) is 0 Å². The predicted octanol–water partition coefficient (Wildman–Crippen LogP) is 2.79. The van der Waals surface area contributed by atoms with Gasteiger partial charge in [-0.25, -0.2) is 19.9 Å². The average Bonchev–Trinajstić information content (AvgIpc) is 1.47. The Kier molecular flexibility index (Phi) is 32.8. The Bertz CT molecular complexity index is 3500. The number of imide groups is 1. The average molecular weight is 1410 g/mol. The summed E-state index contributed by atoms with van der Waals surface area (Å²) in [6.45, 7) is 18.1. The zero-order chi connectivity index (χ0) is 71.8. The molecule has 3 aliphatic heterocycles. The largest absolute Gasteiger partial charge is 0.508 e. The number of fused-ring (bicyclic) bond motifs is 5. The highest BCUT2D eigenvalue weighted by Gasteiger charge is 2.50. The van der Waals surface area contributed by atoms with Crippen LogP contribution in [0.4, 0.5) is 0 Å². The number of pyridine rings is 2. The second kappa shape index (κ2) is 41.5. The van der Waals surface area contributed by atoms with E-state index in [0.717, 1.165) is 54.3 Å². The van der Waals surface area contributed by atoms with E-state index in [9.17, 15) is 48.3 Å². The summed E-state index contributed by atoms with van der Waals surface area (Å²) >= 11 is 0. The number of phenolic OH excluding ortho intramolecular Hbond substituents is 1. The molecular formula is C68H101N11O21. The minimum atomic E-state index is -1.82. The number of nitrogens with one attached hydrogen (secondary N) is 4. The lowest BCUT2D eigenvalue weighted by molar-refractivity contribution is -0.189. The van der Waals surface area contributed by atoms with Gasteiger partial charge in [0.1, 0.15) is 37.8 Å². The van der Waals surface area contributed by atoms with Crippen LogP contribution in [-0.2, 0) is 129 Å². The van der Waals surface area contributed by atoms with Crippen LogP contribution in [0.1, 0.15) is 117 Å². The molecule has 4 aliphatic rings. The van der Waals surface area contributed by atoms with Gasteiger partial charge < -0.3 is 77.7 Å². The minimum Gasteiger partial charge on any atom is -0.508 e. The third-order valence-corrected chi connectivity index (χ3v) is 17.0. The van der Waals surface area contributed by atoms with Crippen LogP contribution in [0, 0.1) is 17.8 Å². The molecule has 4 aromatic rings. The van der Waals surface area contributed by atoms with E-state index in [0.29, 0.717) is 167 Å². The molecule has 5 N–H and O–H groups in total. The van der Waals surface area contributed by atoms with Crippen LogP contribution in [0.5, 0.6) is 5.75 Å². The quantitative estimate of drug-likeness (QED) is 0.0123. The van der Waals surface area contributed by atoms with Crippen LogP contribution in [0.25, 0.3) is 22.3 Å². The molecule has 0 bridgehead atoms. The highest BCUT2D eigenvalue weighted by atomic mass is 16.6. The normalized spacial score (nSPS) is 17.8. The van der Waals surface area contributed by atoms with Gasteiger partial charge in [0.15, 0.2) is 0 Å². The number of phenols is 1. The molecule has 1 aromatic carbocycles. The lowest BCUT2D eigenvalue weighted by Gasteiger charge is -2.35. The molecule has 3 aromatic heterocycles. The Morgan fingerprint density at radius 1 is 0.740 bits per heavy atom. The van der Waals surface area contributed by atoms with Crippen molar-refractivity contribution in [3.8, 4) is 17.1 Å². The van der Waals surface area contributed by atoms with Crippen molar-refractivity contribution in [3.63, 3.8) is 0 Å². The number of nitrogens with zero attached hydrogens (tertiary/aromatic N) is 7. The highest BCUT2D eigenvalue weighted by Crippen LogP contribution is 2.42. The Hall–Kier alpha value is -8.21. The van der Waals surface area contributed by atoms with Crippen molar-refractivity contribution in [1.29, 1.82) is 0 Å². The third-order valence-electron chi connectivity index (χ3n) is 17.0. The number of benzene rings is 1. The maximum absolute atomic E-state index is 13.6. The number of hydrogen-bond donors (Lipinski definition) is 5. The van der Waals surface area contributed by atoms with E-state index in [4.69, 9.17) is 57.1 Å². The van der Waals surface area contributed by atoms with Crippen LogP contribution in [0.2, 0.25) is 0 Å². The molecule has 554 valence electrons. The van der Waals surface area contributed by atoms with Gasteiger partial charge >= 0.3 is 11.9 Å². The van der Waals surface area contributed by atoms with Crippen LogP contribution in [-0.4, -0.2) is 226 Å². The molecule has 32 heteroatoms. The number of cyclic esters (lactones) is 1. The van der Waals surface area contributed by atoms with Crippen LogP contribution >= 0.6 is 0 Å². The van der Waals surface area contributed by atoms with Gasteiger partial charge in [0.2, 0.25) is 35.1 Å². The van der Waals surface area contributed by atoms with Crippen molar-refractivity contribution in [1.82, 2.24) is 50.8 Å². The number of amides is 6. The number of likely N-dealkylation sites (tertiary alicyclic amines) is 1. The molecule has 32 nitrogen and oxygen atoms in total. The van der Waals surface area contributed by atoms with Crippen molar-refractivity contribution in [2.24, 2.45) is 22.9 Å². The van der Waals surface area contributed by atoms with Crippen molar-refractivity contribution >= 4 is 64.0 Å². The summed E-state index contributed by atoms with van der Waals surface area (Å²) in [6, 6.07) is 6.64. The molecule has 0 spiro atoms. The number of ether oxygens (including phenoxy) is 11. The summed E-state index contributed by atoms with van der Waals surface area (Å²) in [4.78, 5) is 117. The molecule has 100 heavy (non-hydrogen) atoms. The summed E-state index contributed by atoms with van der Waals surface area (Å²) < 4.78 is 63.3. The fraction of sp³-hybridized carbons (Fsp3) is 0.632.